The molecule has 2 N–H and O–H groups in total. The number of terminal acetylenes is 1. The number of rotatable bonds is 3. The molecule has 0 unspecified atom stereocenters. The van der Waals surface area contributed by atoms with Gasteiger partial charge in [-0.3, -0.25) is 9.69 Å². The summed E-state index contributed by atoms with van der Waals surface area (Å²) in [7, 11) is 0. The second-order valence-electron chi connectivity index (χ2n) is 5.26. The van der Waals surface area contributed by atoms with E-state index in [9.17, 15) is 9.90 Å². The van der Waals surface area contributed by atoms with E-state index < -0.39 is 0 Å². The number of anilines is 1. The average molecular weight is 272 g/mol. The molecule has 0 aliphatic carbocycles. The van der Waals surface area contributed by atoms with E-state index in [1.165, 1.54) is 0 Å². The van der Waals surface area contributed by atoms with Gasteiger partial charge in [0, 0.05) is 5.92 Å². The van der Waals surface area contributed by atoms with Gasteiger partial charge in [0.15, 0.2) is 0 Å². The minimum absolute atomic E-state index is 0.00951. The van der Waals surface area contributed by atoms with Crippen LogP contribution in [0.4, 0.5) is 5.69 Å². The van der Waals surface area contributed by atoms with Gasteiger partial charge in [0.1, 0.15) is 5.75 Å². The molecular weight excluding hydrogens is 252 g/mol. The number of likely N-dealkylation sites (tertiary alicyclic amines) is 1. The summed E-state index contributed by atoms with van der Waals surface area (Å²) >= 11 is 0. The van der Waals surface area contributed by atoms with E-state index in [-0.39, 0.29) is 17.6 Å². The van der Waals surface area contributed by atoms with Crippen LogP contribution in [0.25, 0.3) is 0 Å². The highest BCUT2D eigenvalue weighted by atomic mass is 16.3. The van der Waals surface area contributed by atoms with Gasteiger partial charge >= 0.3 is 0 Å². The molecule has 1 fully saturated rings. The van der Waals surface area contributed by atoms with Crippen LogP contribution >= 0.6 is 0 Å². The molecule has 1 aromatic rings. The van der Waals surface area contributed by atoms with Gasteiger partial charge in [-0.05, 0) is 50.6 Å². The maximum atomic E-state index is 12.2. The number of phenols is 1. The lowest BCUT2D eigenvalue weighted by Gasteiger charge is -2.29. The first kappa shape index (κ1) is 14.4. The molecule has 0 atom stereocenters. The maximum Gasteiger partial charge on any atom is 0.227 e. The predicted molar refractivity (Wildman–Crippen MR) is 79.5 cm³/mol. The zero-order valence-corrected chi connectivity index (χ0v) is 11.7. The van der Waals surface area contributed by atoms with Gasteiger partial charge < -0.3 is 10.4 Å². The van der Waals surface area contributed by atoms with Crippen LogP contribution in [-0.4, -0.2) is 35.5 Å². The van der Waals surface area contributed by atoms with Crippen molar-refractivity contribution in [3.8, 4) is 18.1 Å². The van der Waals surface area contributed by atoms with Crippen LogP contribution in [0.2, 0.25) is 0 Å². The van der Waals surface area contributed by atoms with Gasteiger partial charge in [0.2, 0.25) is 5.91 Å². The average Bonchev–Trinajstić information content (AvgIpc) is 2.43. The summed E-state index contributed by atoms with van der Waals surface area (Å²) in [5.74, 6) is 2.71. The Bertz CT molecular complexity index is 526. The van der Waals surface area contributed by atoms with Crippen LogP contribution in [-0.2, 0) is 4.79 Å². The van der Waals surface area contributed by atoms with Gasteiger partial charge in [-0.15, -0.1) is 6.42 Å². The number of hydrogen-bond donors (Lipinski definition) is 2. The summed E-state index contributed by atoms with van der Waals surface area (Å²) in [6.07, 6.45) is 6.90. The minimum atomic E-state index is -0.0236. The van der Waals surface area contributed by atoms with Gasteiger partial charge in [-0.25, -0.2) is 0 Å². The molecule has 106 valence electrons. The Kier molecular flexibility index (Phi) is 4.65. The lowest BCUT2D eigenvalue weighted by Crippen LogP contribution is -2.38. The van der Waals surface area contributed by atoms with Crippen molar-refractivity contribution in [3.05, 3.63) is 23.8 Å². The summed E-state index contributed by atoms with van der Waals surface area (Å²) in [4.78, 5) is 14.4. The fourth-order valence-electron chi connectivity index (χ4n) is 2.46. The van der Waals surface area contributed by atoms with E-state index in [0.717, 1.165) is 31.5 Å². The molecule has 0 radical (unpaired) electrons. The highest BCUT2D eigenvalue weighted by Crippen LogP contribution is 2.26. The topological polar surface area (TPSA) is 52.6 Å². The Balaban J connectivity index is 1.91. The summed E-state index contributed by atoms with van der Waals surface area (Å²) in [5.41, 5.74) is 1.44. The van der Waals surface area contributed by atoms with Crippen molar-refractivity contribution in [2.45, 2.75) is 19.8 Å². The maximum absolute atomic E-state index is 12.2. The van der Waals surface area contributed by atoms with Crippen molar-refractivity contribution in [3.63, 3.8) is 0 Å². The number of amides is 1. The third-order valence-electron chi connectivity index (χ3n) is 3.68. The Morgan fingerprint density at radius 3 is 2.80 bits per heavy atom. The molecule has 1 amide bonds. The molecule has 1 aliphatic rings. The van der Waals surface area contributed by atoms with Crippen molar-refractivity contribution in [1.82, 2.24) is 4.90 Å². The second-order valence-corrected chi connectivity index (χ2v) is 5.26. The van der Waals surface area contributed by atoms with Crippen molar-refractivity contribution < 1.29 is 9.90 Å². The number of aromatic hydroxyl groups is 1. The Hall–Kier alpha value is -1.99. The SMILES string of the molecule is C#CCN1CCC(C(=O)Nc2ccc(C)cc2O)CC1. The molecule has 1 aromatic carbocycles. The number of piperidine rings is 1. The number of benzene rings is 1. The van der Waals surface area contributed by atoms with E-state index in [0.29, 0.717) is 12.2 Å². The molecule has 20 heavy (non-hydrogen) atoms. The number of carbonyl (C=O) groups excluding carboxylic acids is 1. The third kappa shape index (κ3) is 3.52. The largest absolute Gasteiger partial charge is 0.506 e. The zero-order chi connectivity index (χ0) is 14.5. The van der Waals surface area contributed by atoms with Gasteiger partial charge in [-0.2, -0.15) is 0 Å². The molecule has 1 aliphatic heterocycles. The lowest BCUT2D eigenvalue weighted by molar-refractivity contribution is -0.121. The summed E-state index contributed by atoms with van der Waals surface area (Å²) in [5, 5.41) is 12.6. The molecule has 0 bridgehead atoms. The van der Waals surface area contributed by atoms with Crippen LogP contribution in [0, 0.1) is 25.2 Å². The number of aryl methyl sites for hydroxylation is 1. The molecule has 4 nitrogen and oxygen atoms in total. The number of nitrogens with zero attached hydrogens (tertiary/aromatic N) is 1. The Labute approximate surface area is 119 Å². The standard InChI is InChI=1S/C16H20N2O2/c1-3-8-18-9-6-13(7-10-18)16(20)17-14-5-4-12(2)11-15(14)19/h1,4-5,11,13,19H,6-10H2,2H3,(H,17,20). The summed E-state index contributed by atoms with van der Waals surface area (Å²) in [6.45, 7) is 4.24. The monoisotopic (exact) mass is 272 g/mol. The fraction of sp³-hybridized carbons (Fsp3) is 0.438. The Morgan fingerprint density at radius 1 is 1.50 bits per heavy atom. The van der Waals surface area contributed by atoms with Gasteiger partial charge in [0.25, 0.3) is 0 Å². The van der Waals surface area contributed by atoms with E-state index in [4.69, 9.17) is 6.42 Å². The summed E-state index contributed by atoms with van der Waals surface area (Å²) in [6, 6.07) is 5.24. The smallest absolute Gasteiger partial charge is 0.227 e. The third-order valence-corrected chi connectivity index (χ3v) is 3.68. The van der Waals surface area contributed by atoms with Crippen molar-refractivity contribution in [1.29, 1.82) is 0 Å². The molecule has 1 heterocycles. The van der Waals surface area contributed by atoms with E-state index >= 15 is 0 Å². The van der Waals surface area contributed by atoms with Crippen LogP contribution in [0.1, 0.15) is 18.4 Å². The molecule has 1 saturated heterocycles. The summed E-state index contributed by atoms with van der Waals surface area (Å²) < 4.78 is 0. The molecule has 2 rings (SSSR count). The highest BCUT2D eigenvalue weighted by Gasteiger charge is 2.24. The number of hydrogen-bond acceptors (Lipinski definition) is 3. The van der Waals surface area contributed by atoms with Crippen molar-refractivity contribution in [2.75, 3.05) is 25.0 Å². The van der Waals surface area contributed by atoms with Gasteiger partial charge in [-0.1, -0.05) is 12.0 Å². The number of nitrogens with one attached hydrogen (secondary N) is 1. The molecule has 0 aromatic heterocycles. The highest BCUT2D eigenvalue weighted by molar-refractivity contribution is 5.94. The first-order valence-electron chi connectivity index (χ1n) is 6.86. The number of phenolic OH excluding ortho intramolecular Hbond substituents is 1. The first-order valence-corrected chi connectivity index (χ1v) is 6.86. The lowest BCUT2D eigenvalue weighted by atomic mass is 9.96. The normalized spacial score (nSPS) is 16.6. The quantitative estimate of drug-likeness (QED) is 0.653. The zero-order valence-electron chi connectivity index (χ0n) is 11.7. The first-order chi connectivity index (χ1) is 9.60. The second kappa shape index (κ2) is 6.44. The molecule has 4 heteroatoms. The van der Waals surface area contributed by atoms with Crippen LogP contribution in [0.15, 0.2) is 18.2 Å². The van der Waals surface area contributed by atoms with E-state index in [2.05, 4.69) is 16.1 Å². The molecular formula is C16H20N2O2. The molecule has 0 spiro atoms. The predicted octanol–water partition coefficient (Wildman–Crippen LogP) is 1.98. The van der Waals surface area contributed by atoms with Crippen LogP contribution in [0.3, 0.4) is 0 Å². The van der Waals surface area contributed by atoms with E-state index in [1.54, 1.807) is 12.1 Å². The van der Waals surface area contributed by atoms with Crippen molar-refractivity contribution in [2.24, 2.45) is 5.92 Å². The minimum Gasteiger partial charge on any atom is -0.506 e. The van der Waals surface area contributed by atoms with E-state index in [1.807, 2.05) is 13.0 Å². The van der Waals surface area contributed by atoms with Gasteiger partial charge in [0.05, 0.1) is 12.2 Å². The van der Waals surface area contributed by atoms with Crippen molar-refractivity contribution >= 4 is 11.6 Å². The van der Waals surface area contributed by atoms with Crippen LogP contribution < -0.4 is 5.32 Å². The van der Waals surface area contributed by atoms with Crippen LogP contribution in [0.5, 0.6) is 5.75 Å². The molecule has 0 saturated carbocycles. The fourth-order valence-corrected chi connectivity index (χ4v) is 2.46. The Morgan fingerprint density at radius 2 is 2.20 bits per heavy atom. The number of carbonyl (C=O) groups is 1.